The second-order valence-corrected chi connectivity index (χ2v) is 5.14. The van der Waals surface area contributed by atoms with Crippen LogP contribution in [0.15, 0.2) is 18.2 Å². The Morgan fingerprint density at radius 1 is 1.44 bits per heavy atom. The molecule has 2 aliphatic rings. The van der Waals surface area contributed by atoms with Gasteiger partial charge in [-0.2, -0.15) is 0 Å². The Bertz CT molecular complexity index is 462. The number of rotatable bonds is 1. The molecule has 0 bridgehead atoms. The number of ether oxygens (including phenoxy) is 3. The largest absolute Gasteiger partial charge is 0.497 e. The number of nitrogens with two attached hydrogens (primary N) is 1. The lowest BCUT2D eigenvalue weighted by molar-refractivity contribution is -0.0275. The van der Waals surface area contributed by atoms with Crippen LogP contribution in [0.5, 0.6) is 11.5 Å². The Morgan fingerprint density at radius 2 is 2.28 bits per heavy atom. The first-order chi connectivity index (χ1) is 8.64. The van der Waals surface area contributed by atoms with Gasteiger partial charge in [0, 0.05) is 24.4 Å². The molecule has 4 heteroatoms. The van der Waals surface area contributed by atoms with E-state index in [2.05, 4.69) is 6.92 Å². The molecule has 3 unspecified atom stereocenters. The van der Waals surface area contributed by atoms with Gasteiger partial charge in [-0.1, -0.05) is 0 Å². The smallest absolute Gasteiger partial charge is 0.139 e. The molecular formula is C14H19NO3. The molecule has 1 aromatic rings. The van der Waals surface area contributed by atoms with Gasteiger partial charge in [0.1, 0.15) is 17.1 Å². The fourth-order valence-corrected chi connectivity index (χ4v) is 2.94. The Balaban J connectivity index is 1.98. The van der Waals surface area contributed by atoms with Gasteiger partial charge in [0.2, 0.25) is 0 Å². The summed E-state index contributed by atoms with van der Waals surface area (Å²) in [5.41, 5.74) is 7.07. The van der Waals surface area contributed by atoms with Gasteiger partial charge in [0.25, 0.3) is 0 Å². The summed E-state index contributed by atoms with van der Waals surface area (Å²) in [4.78, 5) is 0. The number of hydrogen-bond acceptors (Lipinski definition) is 4. The topological polar surface area (TPSA) is 53.7 Å². The maximum absolute atomic E-state index is 6.30. The highest BCUT2D eigenvalue weighted by Crippen LogP contribution is 2.45. The number of hydrogen-bond donors (Lipinski definition) is 1. The summed E-state index contributed by atoms with van der Waals surface area (Å²) >= 11 is 0. The van der Waals surface area contributed by atoms with Crippen molar-refractivity contribution in [3.05, 3.63) is 23.8 Å². The normalized spacial score (nSPS) is 34.2. The SMILES string of the molecule is COc1ccc2c(c1)C(N)CC1(CCOC1C)O2. The quantitative estimate of drug-likeness (QED) is 0.827. The van der Waals surface area contributed by atoms with Crippen LogP contribution in [0.25, 0.3) is 0 Å². The fraction of sp³-hybridized carbons (Fsp3) is 0.571. The minimum Gasteiger partial charge on any atom is -0.497 e. The molecule has 1 fully saturated rings. The van der Waals surface area contributed by atoms with Crippen molar-refractivity contribution in [2.45, 2.75) is 37.5 Å². The maximum atomic E-state index is 6.30. The molecule has 0 radical (unpaired) electrons. The molecule has 4 nitrogen and oxygen atoms in total. The van der Waals surface area contributed by atoms with Crippen LogP contribution in [0.4, 0.5) is 0 Å². The second-order valence-electron chi connectivity index (χ2n) is 5.14. The molecule has 0 amide bonds. The van der Waals surface area contributed by atoms with Crippen molar-refractivity contribution in [2.75, 3.05) is 13.7 Å². The molecule has 2 aliphatic heterocycles. The molecule has 0 saturated carbocycles. The summed E-state index contributed by atoms with van der Waals surface area (Å²) in [7, 11) is 1.66. The molecular weight excluding hydrogens is 230 g/mol. The van der Waals surface area contributed by atoms with Gasteiger partial charge < -0.3 is 19.9 Å². The summed E-state index contributed by atoms with van der Waals surface area (Å²) in [6.07, 6.45) is 1.81. The van der Waals surface area contributed by atoms with Crippen LogP contribution in [-0.2, 0) is 4.74 Å². The monoisotopic (exact) mass is 249 g/mol. The van der Waals surface area contributed by atoms with E-state index in [1.165, 1.54) is 0 Å². The highest BCUT2D eigenvalue weighted by molar-refractivity contribution is 5.44. The molecule has 18 heavy (non-hydrogen) atoms. The third kappa shape index (κ3) is 1.68. The zero-order valence-corrected chi connectivity index (χ0v) is 10.8. The first-order valence-electron chi connectivity index (χ1n) is 6.39. The van der Waals surface area contributed by atoms with Crippen LogP contribution in [0.1, 0.15) is 31.4 Å². The maximum Gasteiger partial charge on any atom is 0.139 e. The molecule has 1 saturated heterocycles. The lowest BCUT2D eigenvalue weighted by Gasteiger charge is -2.40. The summed E-state index contributed by atoms with van der Waals surface area (Å²) < 4.78 is 17.1. The van der Waals surface area contributed by atoms with E-state index >= 15 is 0 Å². The van der Waals surface area contributed by atoms with E-state index in [9.17, 15) is 0 Å². The van der Waals surface area contributed by atoms with E-state index in [1.54, 1.807) is 7.11 Å². The van der Waals surface area contributed by atoms with Gasteiger partial charge >= 0.3 is 0 Å². The molecule has 0 aliphatic carbocycles. The van der Waals surface area contributed by atoms with Crippen LogP contribution < -0.4 is 15.2 Å². The summed E-state index contributed by atoms with van der Waals surface area (Å²) in [6.45, 7) is 2.81. The van der Waals surface area contributed by atoms with Crippen molar-refractivity contribution in [3.8, 4) is 11.5 Å². The third-order valence-corrected chi connectivity index (χ3v) is 4.13. The molecule has 3 rings (SSSR count). The average molecular weight is 249 g/mol. The summed E-state index contributed by atoms with van der Waals surface area (Å²) in [5.74, 6) is 1.69. The Morgan fingerprint density at radius 3 is 2.94 bits per heavy atom. The van der Waals surface area contributed by atoms with Crippen molar-refractivity contribution in [1.82, 2.24) is 0 Å². The second kappa shape index (κ2) is 4.14. The number of methoxy groups -OCH3 is 1. The standard InChI is InChI=1S/C14H19NO3/c1-9-14(5-6-17-9)8-12(15)11-7-10(16-2)3-4-13(11)18-14/h3-4,7,9,12H,5-6,8,15H2,1-2H3. The van der Waals surface area contributed by atoms with Crippen molar-refractivity contribution >= 4 is 0 Å². The zero-order chi connectivity index (χ0) is 12.8. The van der Waals surface area contributed by atoms with Crippen LogP contribution in [0, 0.1) is 0 Å². The van der Waals surface area contributed by atoms with Gasteiger partial charge in [-0.25, -0.2) is 0 Å². The number of benzene rings is 1. The molecule has 2 heterocycles. The van der Waals surface area contributed by atoms with Crippen molar-refractivity contribution in [1.29, 1.82) is 0 Å². The number of fused-ring (bicyclic) bond motifs is 1. The van der Waals surface area contributed by atoms with Crippen LogP contribution >= 0.6 is 0 Å². The van der Waals surface area contributed by atoms with Gasteiger partial charge in [0.05, 0.1) is 19.8 Å². The Kier molecular flexibility index (Phi) is 2.72. The fourth-order valence-electron chi connectivity index (χ4n) is 2.94. The van der Waals surface area contributed by atoms with Crippen molar-refractivity contribution < 1.29 is 14.2 Å². The third-order valence-electron chi connectivity index (χ3n) is 4.13. The first kappa shape index (κ1) is 11.8. The zero-order valence-electron chi connectivity index (χ0n) is 10.8. The van der Waals surface area contributed by atoms with Crippen molar-refractivity contribution in [3.63, 3.8) is 0 Å². The van der Waals surface area contributed by atoms with E-state index < -0.39 is 0 Å². The minimum atomic E-state index is -0.249. The van der Waals surface area contributed by atoms with Gasteiger partial charge in [-0.05, 0) is 25.1 Å². The lowest BCUT2D eigenvalue weighted by atomic mass is 9.83. The van der Waals surface area contributed by atoms with E-state index in [0.717, 1.165) is 36.5 Å². The van der Waals surface area contributed by atoms with E-state index in [-0.39, 0.29) is 17.7 Å². The highest BCUT2D eigenvalue weighted by atomic mass is 16.6. The molecule has 1 spiro atoms. The molecule has 1 aromatic carbocycles. The van der Waals surface area contributed by atoms with E-state index in [1.807, 2.05) is 18.2 Å². The molecule has 0 aromatic heterocycles. The van der Waals surface area contributed by atoms with Gasteiger partial charge in [-0.15, -0.1) is 0 Å². The Hall–Kier alpha value is -1.26. The van der Waals surface area contributed by atoms with Crippen LogP contribution in [-0.4, -0.2) is 25.4 Å². The molecule has 2 N–H and O–H groups in total. The first-order valence-corrected chi connectivity index (χ1v) is 6.39. The highest BCUT2D eigenvalue weighted by Gasteiger charge is 2.48. The van der Waals surface area contributed by atoms with Gasteiger partial charge in [0.15, 0.2) is 0 Å². The van der Waals surface area contributed by atoms with Gasteiger partial charge in [-0.3, -0.25) is 0 Å². The average Bonchev–Trinajstić information content (AvgIpc) is 2.70. The summed E-state index contributed by atoms with van der Waals surface area (Å²) in [5, 5.41) is 0. The Labute approximate surface area is 107 Å². The van der Waals surface area contributed by atoms with E-state index in [4.69, 9.17) is 19.9 Å². The van der Waals surface area contributed by atoms with Crippen LogP contribution in [0.2, 0.25) is 0 Å². The predicted octanol–water partition coefficient (Wildman–Crippen LogP) is 2.03. The summed E-state index contributed by atoms with van der Waals surface area (Å²) in [6, 6.07) is 5.80. The predicted molar refractivity (Wildman–Crippen MR) is 67.9 cm³/mol. The van der Waals surface area contributed by atoms with E-state index in [0.29, 0.717) is 0 Å². The van der Waals surface area contributed by atoms with Crippen molar-refractivity contribution in [2.24, 2.45) is 5.73 Å². The lowest BCUT2D eigenvalue weighted by Crippen LogP contribution is -2.47. The minimum absolute atomic E-state index is 0.0204. The molecule has 98 valence electrons. The molecule has 3 atom stereocenters. The van der Waals surface area contributed by atoms with Crippen LogP contribution in [0.3, 0.4) is 0 Å².